The largest absolute Gasteiger partial charge is 0.460 e. The summed E-state index contributed by atoms with van der Waals surface area (Å²) in [7, 11) is 3.35. The molecule has 7 unspecified atom stereocenters. The number of hydrogen-bond donors (Lipinski definition) is 2. The van der Waals surface area contributed by atoms with Gasteiger partial charge in [0.05, 0.1) is 19.2 Å². The highest BCUT2D eigenvalue weighted by molar-refractivity contribution is 5.94. The van der Waals surface area contributed by atoms with Crippen LogP contribution < -0.4 is 5.32 Å². The normalized spacial score (nSPS) is 30.0. The Morgan fingerprint density at radius 3 is 2.55 bits per heavy atom. The number of benzene rings is 1. The first-order valence-corrected chi connectivity index (χ1v) is 14.8. The molecule has 5 rings (SSSR count). The number of amides is 2. The van der Waals surface area contributed by atoms with E-state index in [2.05, 4.69) is 5.32 Å². The number of carbonyl (C=O) groups excluding carboxylic acids is 4. The lowest BCUT2D eigenvalue weighted by molar-refractivity contribution is -0.201. The fourth-order valence-corrected chi connectivity index (χ4v) is 6.28. The van der Waals surface area contributed by atoms with E-state index in [1.165, 1.54) is 16.0 Å². The fraction of sp³-hybridized carbons (Fsp3) is 0.613. The van der Waals surface area contributed by atoms with Crippen LogP contribution in [0.4, 0.5) is 0 Å². The summed E-state index contributed by atoms with van der Waals surface area (Å²) >= 11 is 0. The van der Waals surface area contributed by atoms with Crippen LogP contribution in [0, 0.1) is 5.41 Å². The van der Waals surface area contributed by atoms with Crippen molar-refractivity contribution in [1.29, 1.82) is 0 Å². The number of hydroxylamine groups is 2. The van der Waals surface area contributed by atoms with E-state index in [-0.39, 0.29) is 38.5 Å². The molecular formula is C31H41N3O10. The number of carbonyl (C=O) groups is 4. The number of aliphatic hydroxyl groups excluding tert-OH is 1. The number of likely N-dealkylation sites (N-methyl/N-ethyl adjacent to an activating group) is 1. The smallest absolute Gasteiger partial charge is 0.327 e. The van der Waals surface area contributed by atoms with Crippen LogP contribution in [-0.4, -0.2) is 108 Å². The van der Waals surface area contributed by atoms with Crippen molar-refractivity contribution in [3.05, 3.63) is 41.5 Å². The summed E-state index contributed by atoms with van der Waals surface area (Å²) in [5, 5.41) is 14.4. The second kappa shape index (κ2) is 12.6. The van der Waals surface area contributed by atoms with Crippen molar-refractivity contribution in [1.82, 2.24) is 15.3 Å². The SMILES string of the molecule is CN(C)C(=O)C=Cc1ccc(CN2OC3C4OCOC4C4CC3(C(=O)NC(CO)CCC(=O)OC(C)(C)C)C2C(=O)O4)cc1. The molecule has 0 radical (unpaired) electrons. The maximum absolute atomic E-state index is 14.2. The second-order valence-corrected chi connectivity index (χ2v) is 12.9. The lowest BCUT2D eigenvalue weighted by Gasteiger charge is -2.49. The molecule has 3 heterocycles. The molecular weight excluding hydrogens is 574 g/mol. The maximum Gasteiger partial charge on any atom is 0.327 e. The Hall–Kier alpha value is -3.36. The number of ether oxygens (including phenoxy) is 4. The first kappa shape index (κ1) is 32.0. The van der Waals surface area contributed by atoms with E-state index in [4.69, 9.17) is 23.8 Å². The van der Waals surface area contributed by atoms with Crippen LogP contribution in [0.5, 0.6) is 0 Å². The van der Waals surface area contributed by atoms with Crippen molar-refractivity contribution in [2.45, 2.75) is 88.7 Å². The lowest BCUT2D eigenvalue weighted by Crippen LogP contribution is -2.70. The molecule has 7 atom stereocenters. The van der Waals surface area contributed by atoms with Gasteiger partial charge in [-0.3, -0.25) is 24.0 Å². The number of fused-ring (bicyclic) bond motifs is 4. The minimum Gasteiger partial charge on any atom is -0.460 e. The monoisotopic (exact) mass is 615 g/mol. The van der Waals surface area contributed by atoms with Gasteiger partial charge in [-0.15, -0.1) is 0 Å². The second-order valence-electron chi connectivity index (χ2n) is 12.9. The molecule has 4 aliphatic rings. The molecule has 240 valence electrons. The van der Waals surface area contributed by atoms with Gasteiger partial charge in [0.1, 0.15) is 42.2 Å². The Morgan fingerprint density at radius 1 is 1.18 bits per heavy atom. The van der Waals surface area contributed by atoms with Gasteiger partial charge < -0.3 is 34.3 Å². The minimum atomic E-state index is -1.39. The van der Waals surface area contributed by atoms with E-state index in [1.807, 2.05) is 24.3 Å². The zero-order chi connectivity index (χ0) is 31.8. The first-order valence-electron chi connectivity index (χ1n) is 14.8. The van der Waals surface area contributed by atoms with Crippen LogP contribution in [0.25, 0.3) is 6.08 Å². The summed E-state index contributed by atoms with van der Waals surface area (Å²) in [6, 6.07) is 5.55. The molecule has 1 aromatic carbocycles. The highest BCUT2D eigenvalue weighted by atomic mass is 16.8. The Labute approximate surface area is 256 Å². The van der Waals surface area contributed by atoms with Gasteiger partial charge in [0.25, 0.3) is 0 Å². The number of nitrogens with zero attached hydrogens (tertiary/aromatic N) is 2. The number of hydrogen-bond acceptors (Lipinski definition) is 11. The maximum atomic E-state index is 14.2. The summed E-state index contributed by atoms with van der Waals surface area (Å²) in [5.41, 5.74) is -0.425. The molecule has 3 aliphatic heterocycles. The topological polar surface area (TPSA) is 153 Å². The van der Waals surface area contributed by atoms with E-state index < -0.39 is 72.0 Å². The van der Waals surface area contributed by atoms with Crippen molar-refractivity contribution in [2.24, 2.45) is 5.41 Å². The van der Waals surface area contributed by atoms with E-state index in [9.17, 15) is 24.3 Å². The number of nitrogens with one attached hydrogen (secondary N) is 1. The molecule has 13 heteroatoms. The number of rotatable bonds is 10. The number of esters is 2. The van der Waals surface area contributed by atoms with E-state index in [0.717, 1.165) is 11.1 Å². The molecule has 0 aromatic heterocycles. The van der Waals surface area contributed by atoms with Crippen LogP contribution in [0.3, 0.4) is 0 Å². The van der Waals surface area contributed by atoms with Crippen LogP contribution in [-0.2, 0) is 49.5 Å². The molecule has 2 N–H and O–H groups in total. The van der Waals surface area contributed by atoms with Crippen molar-refractivity contribution in [3.8, 4) is 0 Å². The third-order valence-electron chi connectivity index (χ3n) is 8.34. The third kappa shape index (κ3) is 6.38. The van der Waals surface area contributed by atoms with Gasteiger partial charge in [-0.05, 0) is 44.4 Å². The molecule has 4 fully saturated rings. The zero-order valence-corrected chi connectivity index (χ0v) is 25.7. The van der Waals surface area contributed by atoms with Gasteiger partial charge in [-0.1, -0.05) is 24.3 Å². The Balaban J connectivity index is 1.36. The van der Waals surface area contributed by atoms with E-state index in [1.54, 1.807) is 40.9 Å². The zero-order valence-electron chi connectivity index (χ0n) is 25.7. The molecule has 44 heavy (non-hydrogen) atoms. The molecule has 2 bridgehead atoms. The fourth-order valence-electron chi connectivity index (χ4n) is 6.28. The van der Waals surface area contributed by atoms with E-state index in [0.29, 0.717) is 0 Å². The van der Waals surface area contributed by atoms with Gasteiger partial charge in [0.2, 0.25) is 11.8 Å². The standard InChI is InChI=1S/C31H41N3O10/c1-30(2,3)43-23(37)13-11-20(16-35)32-29(39)31-14-21-24-25(41-17-40-24)27(31)44-34(26(31)28(38)42-21)15-19-8-6-18(7-9-19)10-12-22(36)33(4)5/h6-10,12,20-21,24-27,35H,11,13-17H2,1-5H3,(H,32,39). The highest BCUT2D eigenvalue weighted by Crippen LogP contribution is 2.55. The quantitative estimate of drug-likeness (QED) is 0.286. The van der Waals surface area contributed by atoms with Gasteiger partial charge >= 0.3 is 11.9 Å². The molecule has 0 spiro atoms. The Kier molecular flexibility index (Phi) is 9.15. The molecule has 1 aromatic rings. The average molecular weight is 616 g/mol. The molecule has 13 nitrogen and oxygen atoms in total. The summed E-state index contributed by atoms with van der Waals surface area (Å²) in [4.78, 5) is 59.8. The van der Waals surface area contributed by atoms with Crippen LogP contribution in [0.15, 0.2) is 30.3 Å². The first-order chi connectivity index (χ1) is 20.8. The summed E-state index contributed by atoms with van der Waals surface area (Å²) in [6.07, 6.45) is 0.680. The summed E-state index contributed by atoms with van der Waals surface area (Å²) in [6.45, 7) is 5.02. The lowest BCUT2D eigenvalue weighted by atomic mass is 9.62. The van der Waals surface area contributed by atoms with Crippen molar-refractivity contribution in [2.75, 3.05) is 27.5 Å². The van der Waals surface area contributed by atoms with Gasteiger partial charge in [0.15, 0.2) is 6.04 Å². The highest BCUT2D eigenvalue weighted by Gasteiger charge is 2.74. The molecule has 1 saturated carbocycles. The van der Waals surface area contributed by atoms with Gasteiger partial charge in [-0.25, -0.2) is 0 Å². The van der Waals surface area contributed by atoms with Crippen LogP contribution >= 0.6 is 0 Å². The molecule has 3 saturated heterocycles. The van der Waals surface area contributed by atoms with Crippen molar-refractivity contribution in [3.63, 3.8) is 0 Å². The van der Waals surface area contributed by atoms with Crippen LogP contribution in [0.1, 0.15) is 51.2 Å². The van der Waals surface area contributed by atoms with E-state index >= 15 is 0 Å². The van der Waals surface area contributed by atoms with Crippen molar-refractivity contribution >= 4 is 29.8 Å². The van der Waals surface area contributed by atoms with Crippen LogP contribution in [0.2, 0.25) is 0 Å². The Bertz CT molecular complexity index is 1290. The van der Waals surface area contributed by atoms with Crippen molar-refractivity contribution < 1.29 is 48.1 Å². The number of aliphatic hydroxyl groups is 1. The summed E-state index contributed by atoms with van der Waals surface area (Å²) < 4.78 is 22.8. The minimum absolute atomic E-state index is 0.00787. The predicted octanol–water partition coefficient (Wildman–Crippen LogP) is 0.928. The average Bonchev–Trinajstić information content (AvgIpc) is 3.58. The van der Waals surface area contributed by atoms with Gasteiger partial charge in [-0.2, -0.15) is 5.06 Å². The van der Waals surface area contributed by atoms with Gasteiger partial charge in [0, 0.05) is 33.0 Å². The third-order valence-corrected chi connectivity index (χ3v) is 8.34. The molecule has 1 aliphatic carbocycles. The molecule has 2 amide bonds. The Morgan fingerprint density at radius 2 is 1.89 bits per heavy atom. The predicted molar refractivity (Wildman–Crippen MR) is 154 cm³/mol. The summed E-state index contributed by atoms with van der Waals surface area (Å²) in [5.74, 6) is -1.67.